The van der Waals surface area contributed by atoms with Crippen molar-refractivity contribution < 1.29 is 9.59 Å². The fourth-order valence-corrected chi connectivity index (χ4v) is 2.81. The van der Waals surface area contributed by atoms with E-state index in [1.54, 1.807) is 19.1 Å². The van der Waals surface area contributed by atoms with E-state index in [4.69, 9.17) is 0 Å². The van der Waals surface area contributed by atoms with Gasteiger partial charge < -0.3 is 0 Å². The van der Waals surface area contributed by atoms with Gasteiger partial charge in [-0.25, -0.2) is 5.01 Å². The van der Waals surface area contributed by atoms with Crippen LogP contribution in [0.4, 0.5) is 0 Å². The monoisotopic (exact) mass is 306 g/mol. The topological polar surface area (TPSA) is 49.7 Å². The summed E-state index contributed by atoms with van der Waals surface area (Å²) in [6.45, 7) is 1.55. The molecule has 2 aromatic rings. The van der Waals surface area contributed by atoms with Gasteiger partial charge in [-0.15, -0.1) is 0 Å². The number of ketones is 1. The quantitative estimate of drug-likeness (QED) is 0.629. The molecular weight excluding hydrogens is 288 g/mol. The molecule has 0 N–H and O–H groups in total. The van der Waals surface area contributed by atoms with Crippen LogP contribution in [0.3, 0.4) is 0 Å². The van der Waals surface area contributed by atoms with Crippen molar-refractivity contribution in [2.45, 2.75) is 25.8 Å². The van der Waals surface area contributed by atoms with Gasteiger partial charge in [0, 0.05) is 12.0 Å². The summed E-state index contributed by atoms with van der Waals surface area (Å²) in [4.78, 5) is 22.6. The Kier molecular flexibility index (Phi) is 4.33. The summed E-state index contributed by atoms with van der Waals surface area (Å²) >= 11 is 0. The van der Waals surface area contributed by atoms with Crippen molar-refractivity contribution in [2.75, 3.05) is 0 Å². The number of hydrazone groups is 1. The highest BCUT2D eigenvalue weighted by atomic mass is 16.1. The lowest BCUT2D eigenvalue weighted by Crippen LogP contribution is -2.27. The zero-order valence-corrected chi connectivity index (χ0v) is 13.0. The number of hydrogen-bond donors (Lipinski definition) is 0. The summed E-state index contributed by atoms with van der Waals surface area (Å²) in [6.07, 6.45) is 2.27. The Morgan fingerprint density at radius 3 is 2.48 bits per heavy atom. The first-order valence-electron chi connectivity index (χ1n) is 7.64. The van der Waals surface area contributed by atoms with Gasteiger partial charge in [-0.2, -0.15) is 5.10 Å². The number of rotatable bonds is 5. The van der Waals surface area contributed by atoms with Crippen molar-refractivity contribution in [3.05, 3.63) is 71.3 Å². The number of benzene rings is 2. The van der Waals surface area contributed by atoms with Gasteiger partial charge in [-0.3, -0.25) is 9.59 Å². The molecule has 0 aliphatic carbocycles. The average Bonchev–Trinajstić information content (AvgIpc) is 2.99. The molecule has 0 spiro atoms. The highest BCUT2D eigenvalue weighted by Crippen LogP contribution is 2.22. The summed E-state index contributed by atoms with van der Waals surface area (Å²) in [5, 5.41) is 5.93. The molecule has 1 unspecified atom stereocenters. The fourth-order valence-electron chi connectivity index (χ4n) is 2.81. The molecule has 4 heteroatoms. The molecule has 1 heterocycles. The van der Waals surface area contributed by atoms with Crippen molar-refractivity contribution >= 4 is 17.9 Å². The largest absolute Gasteiger partial charge is 0.295 e. The Labute approximate surface area is 135 Å². The third-order valence-electron chi connectivity index (χ3n) is 4.09. The summed E-state index contributed by atoms with van der Waals surface area (Å²) in [5.74, 6) is 0.0429. The minimum Gasteiger partial charge on any atom is -0.295 e. The Morgan fingerprint density at radius 1 is 1.17 bits per heavy atom. The number of carbonyl (C=O) groups excluding carboxylic acids is 2. The molecule has 1 aliphatic rings. The van der Waals surface area contributed by atoms with Crippen LogP contribution in [0.2, 0.25) is 0 Å². The minimum absolute atomic E-state index is 0.0392. The van der Waals surface area contributed by atoms with Crippen LogP contribution in [0.15, 0.2) is 59.7 Å². The van der Waals surface area contributed by atoms with Crippen molar-refractivity contribution in [2.24, 2.45) is 5.10 Å². The van der Waals surface area contributed by atoms with E-state index < -0.39 is 0 Å². The van der Waals surface area contributed by atoms with Crippen molar-refractivity contribution in [3.8, 4) is 0 Å². The van der Waals surface area contributed by atoms with E-state index in [0.29, 0.717) is 12.0 Å². The van der Waals surface area contributed by atoms with Gasteiger partial charge in [0.2, 0.25) is 6.41 Å². The summed E-state index contributed by atoms with van der Waals surface area (Å²) < 4.78 is 0. The second kappa shape index (κ2) is 6.57. The van der Waals surface area contributed by atoms with Gasteiger partial charge in [-0.05, 0) is 24.5 Å². The summed E-state index contributed by atoms with van der Waals surface area (Å²) in [7, 11) is 0. The molecule has 0 radical (unpaired) electrons. The highest BCUT2D eigenvalue weighted by molar-refractivity contribution is 6.03. The summed E-state index contributed by atoms with van der Waals surface area (Å²) in [6, 6.07) is 17.5. The molecule has 23 heavy (non-hydrogen) atoms. The molecule has 116 valence electrons. The lowest BCUT2D eigenvalue weighted by Gasteiger charge is -2.16. The predicted octanol–water partition coefficient (Wildman–Crippen LogP) is 3.07. The number of Topliss-reactive ketones (excluding diaryl/α,β-unsaturated/α-hetero) is 1. The van der Waals surface area contributed by atoms with Crippen LogP contribution >= 0.6 is 0 Å². The molecule has 1 atom stereocenters. The maximum atomic E-state index is 11.3. The van der Waals surface area contributed by atoms with E-state index in [9.17, 15) is 9.59 Å². The van der Waals surface area contributed by atoms with Gasteiger partial charge in [0.1, 0.15) is 0 Å². The van der Waals surface area contributed by atoms with Crippen LogP contribution in [0.25, 0.3) is 0 Å². The fraction of sp³-hybridized carbons (Fsp3) is 0.211. The van der Waals surface area contributed by atoms with Gasteiger partial charge >= 0.3 is 0 Å². The van der Waals surface area contributed by atoms with Crippen LogP contribution in [-0.4, -0.2) is 29.0 Å². The first-order valence-corrected chi connectivity index (χ1v) is 7.64. The Balaban J connectivity index is 1.77. The first-order chi connectivity index (χ1) is 11.2. The van der Waals surface area contributed by atoms with Crippen LogP contribution in [0.5, 0.6) is 0 Å². The van der Waals surface area contributed by atoms with Crippen LogP contribution < -0.4 is 0 Å². The maximum Gasteiger partial charge on any atom is 0.230 e. The van der Waals surface area contributed by atoms with Crippen LogP contribution in [0, 0.1) is 0 Å². The van der Waals surface area contributed by atoms with E-state index in [-0.39, 0.29) is 11.8 Å². The van der Waals surface area contributed by atoms with Crippen molar-refractivity contribution in [3.63, 3.8) is 0 Å². The Hall–Kier alpha value is -2.75. The molecule has 4 nitrogen and oxygen atoms in total. The molecule has 2 aromatic carbocycles. The lowest BCUT2D eigenvalue weighted by molar-refractivity contribution is -0.119. The lowest BCUT2D eigenvalue weighted by atomic mass is 9.98. The zero-order valence-electron chi connectivity index (χ0n) is 13.0. The predicted molar refractivity (Wildman–Crippen MR) is 89.4 cm³/mol. The van der Waals surface area contributed by atoms with E-state index in [2.05, 4.69) is 17.2 Å². The van der Waals surface area contributed by atoms with E-state index in [1.165, 1.54) is 10.6 Å². The molecule has 3 rings (SSSR count). The molecule has 0 saturated carbocycles. The zero-order chi connectivity index (χ0) is 16.2. The second-order valence-corrected chi connectivity index (χ2v) is 5.71. The normalized spacial score (nSPS) is 17.0. The molecule has 0 fully saturated rings. The number of nitrogens with zero attached hydrogens (tertiary/aromatic N) is 2. The van der Waals surface area contributed by atoms with E-state index in [0.717, 1.165) is 24.1 Å². The standard InChI is InChI=1S/C19H18N2O2/c1-14(23)16-7-9-17(10-8-16)19-12-18(21(13-22)20-19)11-15-5-3-2-4-6-15/h2-10,13,18H,11-12H2,1H3. The van der Waals surface area contributed by atoms with Gasteiger partial charge in [0.05, 0.1) is 11.8 Å². The van der Waals surface area contributed by atoms with E-state index in [1.807, 2.05) is 30.3 Å². The molecular formula is C19H18N2O2. The molecule has 1 aliphatic heterocycles. The maximum absolute atomic E-state index is 11.3. The Morgan fingerprint density at radius 2 is 1.87 bits per heavy atom. The van der Waals surface area contributed by atoms with Gasteiger partial charge in [-0.1, -0.05) is 54.6 Å². The smallest absolute Gasteiger partial charge is 0.230 e. The first kappa shape index (κ1) is 15.2. The number of carbonyl (C=O) groups is 2. The number of amides is 1. The average molecular weight is 306 g/mol. The van der Waals surface area contributed by atoms with E-state index >= 15 is 0 Å². The second-order valence-electron chi connectivity index (χ2n) is 5.71. The number of hydrogen-bond acceptors (Lipinski definition) is 3. The third-order valence-corrected chi connectivity index (χ3v) is 4.09. The molecule has 0 saturated heterocycles. The minimum atomic E-state index is 0.0392. The third kappa shape index (κ3) is 3.37. The highest BCUT2D eigenvalue weighted by Gasteiger charge is 2.27. The molecule has 1 amide bonds. The summed E-state index contributed by atoms with van der Waals surface area (Å²) in [5.41, 5.74) is 3.71. The van der Waals surface area contributed by atoms with Crippen LogP contribution in [-0.2, 0) is 11.2 Å². The SMILES string of the molecule is CC(=O)c1ccc(C2=NN(C=O)C(Cc3ccccc3)C2)cc1. The molecule has 0 bridgehead atoms. The van der Waals surface area contributed by atoms with Crippen LogP contribution in [0.1, 0.15) is 34.8 Å². The Bertz CT molecular complexity index is 736. The van der Waals surface area contributed by atoms with Crippen molar-refractivity contribution in [1.82, 2.24) is 5.01 Å². The van der Waals surface area contributed by atoms with Gasteiger partial charge in [0.25, 0.3) is 0 Å². The van der Waals surface area contributed by atoms with Crippen molar-refractivity contribution in [1.29, 1.82) is 0 Å². The van der Waals surface area contributed by atoms with Gasteiger partial charge in [0.15, 0.2) is 5.78 Å². The molecule has 0 aromatic heterocycles.